The van der Waals surface area contributed by atoms with Gasteiger partial charge in [0.2, 0.25) is 0 Å². The molecule has 0 heterocycles. The summed E-state index contributed by atoms with van der Waals surface area (Å²) in [4.78, 5) is 0. The third-order valence-corrected chi connectivity index (χ3v) is 7.49. The average molecular weight is 541 g/mol. The zero-order chi connectivity index (χ0) is 23.6. The molecule has 1 heteroatoms. The van der Waals surface area contributed by atoms with Gasteiger partial charge in [-0.25, -0.2) is 11.1 Å². The van der Waals surface area contributed by atoms with E-state index in [1.807, 2.05) is 6.07 Å². The van der Waals surface area contributed by atoms with Crippen LogP contribution in [0.4, 0.5) is 0 Å². The molecule has 0 fully saturated rings. The molecule has 8 rings (SSSR count). The van der Waals surface area contributed by atoms with Gasteiger partial charge in [-0.1, -0.05) is 72.8 Å². The summed E-state index contributed by atoms with van der Waals surface area (Å²) in [5, 5.41) is 15.0. The van der Waals surface area contributed by atoms with Crippen LogP contribution >= 0.6 is 0 Å². The minimum Gasteiger partial charge on any atom is -0.225 e. The molecule has 0 saturated carbocycles. The van der Waals surface area contributed by atoms with Crippen LogP contribution in [-0.4, -0.2) is 0 Å². The summed E-state index contributed by atoms with van der Waals surface area (Å²) in [5.41, 5.74) is 2.18. The van der Waals surface area contributed by atoms with Crippen LogP contribution in [-0.2, 0) is 32.7 Å². The van der Waals surface area contributed by atoms with E-state index in [1.54, 1.807) is 0 Å². The molecular weight excluding hydrogens is 521 g/mol. The summed E-state index contributed by atoms with van der Waals surface area (Å²) in [7, 11) is 0. The molecule has 37 heavy (non-hydrogen) atoms. The smallest absolute Gasteiger partial charge is 0 e. The molecule has 8 aromatic rings. The predicted molar refractivity (Wildman–Crippen MR) is 155 cm³/mol. The molecule has 169 valence electrons. The first-order valence-electron chi connectivity index (χ1n) is 12.3. The quantitative estimate of drug-likeness (QED) is 0.143. The van der Waals surface area contributed by atoms with Crippen molar-refractivity contribution in [1.29, 1.82) is 0 Å². The number of rotatable bonds is 1. The van der Waals surface area contributed by atoms with Crippen molar-refractivity contribution in [3.8, 4) is 11.1 Å². The van der Waals surface area contributed by atoms with Crippen molar-refractivity contribution in [2.24, 2.45) is 0 Å². The van der Waals surface area contributed by atoms with E-state index < -0.39 is 0 Å². The molecule has 0 N–H and O–H groups in total. The van der Waals surface area contributed by atoms with Gasteiger partial charge in [-0.2, -0.15) is 24.3 Å². The van der Waals surface area contributed by atoms with Gasteiger partial charge in [-0.05, 0) is 67.4 Å². The van der Waals surface area contributed by atoms with Crippen molar-refractivity contribution in [1.82, 2.24) is 0 Å². The number of hydrogen-bond donors (Lipinski definition) is 0. The van der Waals surface area contributed by atoms with Crippen molar-refractivity contribution >= 4 is 64.6 Å². The standard InChI is InChI=1S/C36H20.Y/c1-2-8-25-16-32-21-34-19-30-18-29(13-12-27(30)17-33(34)20-31(32)15-24(25)7-1)35-11-5-10-28-14-23-6-3-4-9-26(23)22-36(28)35;/h1-10,12,14-22H;/q-2;. The molecule has 0 aliphatic heterocycles. The molecule has 0 atom stereocenters. The maximum atomic E-state index is 3.56. The third kappa shape index (κ3) is 3.75. The van der Waals surface area contributed by atoms with Gasteiger partial charge in [-0.3, -0.25) is 0 Å². The maximum absolute atomic E-state index is 3.56. The Morgan fingerprint density at radius 2 is 0.838 bits per heavy atom. The summed E-state index contributed by atoms with van der Waals surface area (Å²) in [5.74, 6) is 0. The van der Waals surface area contributed by atoms with Crippen LogP contribution < -0.4 is 0 Å². The Hall–Kier alpha value is -3.58. The van der Waals surface area contributed by atoms with Crippen LogP contribution in [0.3, 0.4) is 0 Å². The first-order valence-corrected chi connectivity index (χ1v) is 12.3. The predicted octanol–water partition coefficient (Wildman–Crippen LogP) is 9.87. The van der Waals surface area contributed by atoms with Crippen molar-refractivity contribution in [3.05, 3.63) is 133 Å². The van der Waals surface area contributed by atoms with Gasteiger partial charge in [0, 0.05) is 32.7 Å². The SMILES string of the molecule is [Y].[c-]1cc2cc3cc4cc5ccccc5cc4cc3cc2cc1-c1[c-]ccc2cc3ccccc3cc12. The minimum atomic E-state index is 0. The minimum absolute atomic E-state index is 0. The van der Waals surface area contributed by atoms with Crippen LogP contribution in [0.5, 0.6) is 0 Å². The summed E-state index contributed by atoms with van der Waals surface area (Å²) in [6.45, 7) is 0. The maximum Gasteiger partial charge on any atom is 0 e. The molecule has 0 amide bonds. The monoisotopic (exact) mass is 541 g/mol. The van der Waals surface area contributed by atoms with E-state index in [2.05, 4.69) is 127 Å². The second kappa shape index (κ2) is 8.77. The Bertz CT molecular complexity index is 2150. The van der Waals surface area contributed by atoms with Gasteiger partial charge in [-0.15, -0.1) is 33.7 Å². The van der Waals surface area contributed by atoms with E-state index >= 15 is 0 Å². The molecule has 0 aromatic heterocycles. The van der Waals surface area contributed by atoms with Gasteiger partial charge in [0.05, 0.1) is 0 Å². The number of fused-ring (bicyclic) bond motifs is 6. The summed E-state index contributed by atoms with van der Waals surface area (Å²) >= 11 is 0. The summed E-state index contributed by atoms with van der Waals surface area (Å²) in [6.07, 6.45) is 0. The zero-order valence-corrected chi connectivity index (χ0v) is 23.0. The largest absolute Gasteiger partial charge is 0.225 e. The summed E-state index contributed by atoms with van der Waals surface area (Å²) in [6, 6.07) is 51.1. The Labute approximate surface area is 240 Å². The van der Waals surface area contributed by atoms with E-state index in [-0.39, 0.29) is 32.7 Å². The van der Waals surface area contributed by atoms with Gasteiger partial charge in [0.1, 0.15) is 0 Å². The number of benzene rings is 8. The van der Waals surface area contributed by atoms with E-state index in [1.165, 1.54) is 64.6 Å². The van der Waals surface area contributed by atoms with Gasteiger partial charge < -0.3 is 0 Å². The molecule has 0 aliphatic carbocycles. The first-order chi connectivity index (χ1) is 17.8. The van der Waals surface area contributed by atoms with Crippen molar-refractivity contribution in [2.45, 2.75) is 0 Å². The van der Waals surface area contributed by atoms with Crippen molar-refractivity contribution in [3.63, 3.8) is 0 Å². The fourth-order valence-electron chi connectivity index (χ4n) is 5.65. The molecule has 0 bridgehead atoms. The molecule has 0 unspecified atom stereocenters. The molecule has 1 radical (unpaired) electrons. The van der Waals surface area contributed by atoms with Crippen LogP contribution in [0.2, 0.25) is 0 Å². The van der Waals surface area contributed by atoms with E-state index in [9.17, 15) is 0 Å². The van der Waals surface area contributed by atoms with Crippen molar-refractivity contribution in [2.75, 3.05) is 0 Å². The average Bonchev–Trinajstić information content (AvgIpc) is 2.92. The first kappa shape index (κ1) is 22.6. The Morgan fingerprint density at radius 3 is 1.43 bits per heavy atom. The second-order valence-corrected chi connectivity index (χ2v) is 9.71. The van der Waals surface area contributed by atoms with Crippen LogP contribution in [0, 0.1) is 12.1 Å². The van der Waals surface area contributed by atoms with E-state index in [0.717, 1.165) is 11.1 Å². The normalized spacial score (nSPS) is 11.6. The van der Waals surface area contributed by atoms with Gasteiger partial charge in [0.15, 0.2) is 0 Å². The summed E-state index contributed by atoms with van der Waals surface area (Å²) < 4.78 is 0. The Morgan fingerprint density at radius 1 is 0.378 bits per heavy atom. The van der Waals surface area contributed by atoms with E-state index in [0.29, 0.717) is 0 Å². The van der Waals surface area contributed by atoms with Gasteiger partial charge in [0.25, 0.3) is 0 Å². The molecule has 0 saturated heterocycles. The van der Waals surface area contributed by atoms with Crippen LogP contribution in [0.1, 0.15) is 0 Å². The molecule has 0 nitrogen and oxygen atoms in total. The number of hydrogen-bond acceptors (Lipinski definition) is 0. The molecule has 0 spiro atoms. The zero-order valence-electron chi connectivity index (χ0n) is 20.1. The van der Waals surface area contributed by atoms with Crippen LogP contribution in [0.15, 0.2) is 121 Å². The van der Waals surface area contributed by atoms with Gasteiger partial charge >= 0.3 is 0 Å². The van der Waals surface area contributed by atoms with Crippen LogP contribution in [0.25, 0.3) is 75.8 Å². The fourth-order valence-corrected chi connectivity index (χ4v) is 5.65. The Balaban J connectivity index is 0.00000231. The van der Waals surface area contributed by atoms with Crippen molar-refractivity contribution < 1.29 is 32.7 Å². The third-order valence-electron chi connectivity index (χ3n) is 7.49. The van der Waals surface area contributed by atoms with E-state index in [4.69, 9.17) is 0 Å². The Kier molecular flexibility index (Phi) is 5.36. The second-order valence-electron chi connectivity index (χ2n) is 9.71. The molecule has 0 aliphatic rings. The topological polar surface area (TPSA) is 0 Å². The molecule has 8 aromatic carbocycles. The molecular formula is C36H20Y-2. The fraction of sp³-hybridized carbons (Fsp3) is 0.